The molecule has 0 bridgehead atoms. The predicted octanol–water partition coefficient (Wildman–Crippen LogP) is 3.55. The third-order valence-electron chi connectivity index (χ3n) is 3.96. The predicted molar refractivity (Wildman–Crippen MR) is 98.3 cm³/mol. The van der Waals surface area contributed by atoms with Gasteiger partial charge in [0.05, 0.1) is 0 Å². The molecule has 1 amide bonds. The number of carbonyl (C=O) groups is 3. The van der Waals surface area contributed by atoms with Gasteiger partial charge in [-0.3, -0.25) is 9.59 Å². The lowest BCUT2D eigenvalue weighted by Crippen LogP contribution is -2.30. The highest BCUT2D eigenvalue weighted by Gasteiger charge is 2.20. The van der Waals surface area contributed by atoms with E-state index in [1.807, 2.05) is 24.3 Å². The van der Waals surface area contributed by atoms with Crippen LogP contribution in [0.3, 0.4) is 0 Å². The lowest BCUT2D eigenvalue weighted by molar-refractivity contribution is -0.123. The third kappa shape index (κ3) is 3.80. The number of aromatic nitrogens is 1. The maximum Gasteiger partial charge on any atom is 0.355 e. The van der Waals surface area contributed by atoms with Gasteiger partial charge in [-0.15, -0.1) is 0 Å². The van der Waals surface area contributed by atoms with Gasteiger partial charge in [-0.25, -0.2) is 4.79 Å². The summed E-state index contributed by atoms with van der Waals surface area (Å²) < 4.78 is 5.23. The summed E-state index contributed by atoms with van der Waals surface area (Å²) in [5.74, 6) is -1.11. The molecule has 0 saturated carbocycles. The number of nitrogens with one attached hydrogen (secondary N) is 2. The Hall–Kier alpha value is -3.41. The van der Waals surface area contributed by atoms with E-state index in [-0.39, 0.29) is 11.5 Å². The molecule has 0 spiro atoms. The highest BCUT2D eigenvalue weighted by molar-refractivity contribution is 5.99. The van der Waals surface area contributed by atoms with Gasteiger partial charge in [-0.05, 0) is 50.2 Å². The molecule has 1 heterocycles. The number of para-hydroxylation sites is 1. The number of fused-ring (bicyclic) bond motifs is 1. The van der Waals surface area contributed by atoms with Crippen LogP contribution in [0.4, 0.5) is 5.69 Å². The Morgan fingerprint density at radius 2 is 1.73 bits per heavy atom. The third-order valence-corrected chi connectivity index (χ3v) is 3.96. The number of H-pyrrole nitrogens is 1. The van der Waals surface area contributed by atoms with Gasteiger partial charge in [0.25, 0.3) is 5.91 Å². The average Bonchev–Trinajstić information content (AvgIpc) is 3.06. The number of ketones is 1. The fourth-order valence-corrected chi connectivity index (χ4v) is 2.49. The summed E-state index contributed by atoms with van der Waals surface area (Å²) in [6, 6.07) is 15.7. The van der Waals surface area contributed by atoms with Gasteiger partial charge in [0, 0.05) is 22.2 Å². The second-order valence-electron chi connectivity index (χ2n) is 5.94. The van der Waals surface area contributed by atoms with Gasteiger partial charge < -0.3 is 15.0 Å². The fraction of sp³-hybridized carbons (Fsp3) is 0.150. The van der Waals surface area contributed by atoms with Crippen molar-refractivity contribution in [3.05, 3.63) is 65.9 Å². The first-order chi connectivity index (χ1) is 12.4. The monoisotopic (exact) mass is 350 g/mol. The number of esters is 1. The summed E-state index contributed by atoms with van der Waals surface area (Å²) in [7, 11) is 0. The van der Waals surface area contributed by atoms with Crippen molar-refractivity contribution in [2.75, 3.05) is 5.32 Å². The normalized spacial score (nSPS) is 11.8. The molecule has 3 rings (SSSR count). The van der Waals surface area contributed by atoms with Gasteiger partial charge in [0.1, 0.15) is 5.69 Å². The van der Waals surface area contributed by atoms with E-state index in [0.717, 1.165) is 10.9 Å². The van der Waals surface area contributed by atoms with Crippen LogP contribution in [-0.4, -0.2) is 28.7 Å². The maximum absolute atomic E-state index is 12.2. The number of hydrogen-bond donors (Lipinski definition) is 2. The Bertz CT molecular complexity index is 940. The number of anilines is 1. The molecule has 1 atom stereocenters. The molecule has 6 nitrogen and oxygen atoms in total. The minimum atomic E-state index is -0.971. The Morgan fingerprint density at radius 3 is 2.38 bits per heavy atom. The number of benzene rings is 2. The lowest BCUT2D eigenvalue weighted by Gasteiger charge is -2.13. The zero-order chi connectivity index (χ0) is 18.7. The van der Waals surface area contributed by atoms with E-state index in [4.69, 9.17) is 4.74 Å². The topological polar surface area (TPSA) is 88.3 Å². The Morgan fingerprint density at radius 1 is 1.04 bits per heavy atom. The standard InChI is InChI=1S/C20H18N2O4/c1-12(23)14-7-9-16(10-8-14)21-19(24)13(2)26-20(25)18-11-15-5-3-4-6-17(15)22-18/h3-11,13,22H,1-2H3,(H,21,24). The van der Waals surface area contributed by atoms with E-state index in [9.17, 15) is 14.4 Å². The number of Topliss-reactive ketones (excluding diaryl/α,β-unsaturated/α-hetero) is 1. The van der Waals surface area contributed by atoms with Crippen LogP contribution in [0.25, 0.3) is 10.9 Å². The van der Waals surface area contributed by atoms with Crippen LogP contribution in [0.5, 0.6) is 0 Å². The largest absolute Gasteiger partial charge is 0.448 e. The molecule has 132 valence electrons. The summed E-state index contributed by atoms with van der Waals surface area (Å²) in [4.78, 5) is 38.7. The van der Waals surface area contributed by atoms with Gasteiger partial charge in [-0.1, -0.05) is 18.2 Å². The number of carbonyl (C=O) groups excluding carboxylic acids is 3. The smallest absolute Gasteiger partial charge is 0.355 e. The van der Waals surface area contributed by atoms with E-state index >= 15 is 0 Å². The Labute approximate surface area is 150 Å². The molecule has 2 N–H and O–H groups in total. The highest BCUT2D eigenvalue weighted by atomic mass is 16.5. The van der Waals surface area contributed by atoms with Crippen molar-refractivity contribution in [3.63, 3.8) is 0 Å². The van der Waals surface area contributed by atoms with E-state index in [0.29, 0.717) is 11.3 Å². The van der Waals surface area contributed by atoms with Crippen molar-refractivity contribution < 1.29 is 19.1 Å². The van der Waals surface area contributed by atoms with Gasteiger partial charge >= 0.3 is 5.97 Å². The molecular formula is C20H18N2O4. The van der Waals surface area contributed by atoms with Crippen LogP contribution in [-0.2, 0) is 9.53 Å². The average molecular weight is 350 g/mol. The van der Waals surface area contributed by atoms with E-state index in [1.165, 1.54) is 13.8 Å². The van der Waals surface area contributed by atoms with Gasteiger partial charge in [0.2, 0.25) is 0 Å². The molecule has 6 heteroatoms. The fourth-order valence-electron chi connectivity index (χ4n) is 2.49. The van der Waals surface area contributed by atoms with E-state index in [2.05, 4.69) is 10.3 Å². The minimum absolute atomic E-state index is 0.0523. The molecular weight excluding hydrogens is 332 g/mol. The molecule has 0 aliphatic rings. The van der Waals surface area contributed by atoms with Crippen LogP contribution < -0.4 is 5.32 Å². The number of ether oxygens (including phenoxy) is 1. The maximum atomic E-state index is 12.2. The zero-order valence-corrected chi connectivity index (χ0v) is 14.4. The van der Waals surface area contributed by atoms with Crippen LogP contribution in [0.2, 0.25) is 0 Å². The van der Waals surface area contributed by atoms with Gasteiger partial charge in [0.15, 0.2) is 11.9 Å². The van der Waals surface area contributed by atoms with E-state index in [1.54, 1.807) is 30.3 Å². The van der Waals surface area contributed by atoms with Crippen LogP contribution in [0.1, 0.15) is 34.7 Å². The molecule has 0 radical (unpaired) electrons. The lowest BCUT2D eigenvalue weighted by atomic mass is 10.1. The molecule has 1 aromatic heterocycles. The summed E-state index contributed by atoms with van der Waals surface area (Å²) in [6.45, 7) is 2.97. The Balaban J connectivity index is 1.62. The van der Waals surface area contributed by atoms with Gasteiger partial charge in [-0.2, -0.15) is 0 Å². The molecule has 26 heavy (non-hydrogen) atoms. The molecule has 0 aliphatic heterocycles. The van der Waals surface area contributed by atoms with Crippen LogP contribution >= 0.6 is 0 Å². The minimum Gasteiger partial charge on any atom is -0.448 e. The van der Waals surface area contributed by atoms with E-state index < -0.39 is 18.0 Å². The molecule has 2 aromatic carbocycles. The molecule has 1 unspecified atom stereocenters. The number of aromatic amines is 1. The summed E-state index contributed by atoms with van der Waals surface area (Å²) in [6.07, 6.45) is -0.971. The Kier molecular flexibility index (Phi) is 4.84. The first-order valence-electron chi connectivity index (χ1n) is 8.14. The molecule has 0 fully saturated rings. The highest BCUT2D eigenvalue weighted by Crippen LogP contribution is 2.16. The van der Waals surface area contributed by atoms with Crippen molar-refractivity contribution in [1.29, 1.82) is 0 Å². The van der Waals surface area contributed by atoms with Crippen molar-refractivity contribution in [3.8, 4) is 0 Å². The zero-order valence-electron chi connectivity index (χ0n) is 14.4. The first kappa shape index (κ1) is 17.4. The molecule has 0 saturated heterocycles. The molecule has 0 aliphatic carbocycles. The van der Waals surface area contributed by atoms with Crippen molar-refractivity contribution in [2.24, 2.45) is 0 Å². The molecule has 3 aromatic rings. The second-order valence-corrected chi connectivity index (χ2v) is 5.94. The summed E-state index contributed by atoms with van der Waals surface area (Å²) >= 11 is 0. The second kappa shape index (κ2) is 7.23. The first-order valence-corrected chi connectivity index (χ1v) is 8.14. The summed E-state index contributed by atoms with van der Waals surface area (Å²) in [5.41, 5.74) is 2.19. The summed E-state index contributed by atoms with van der Waals surface area (Å²) in [5, 5.41) is 3.54. The number of amides is 1. The van der Waals surface area contributed by atoms with Crippen LogP contribution in [0.15, 0.2) is 54.6 Å². The SMILES string of the molecule is CC(=O)c1ccc(NC(=O)C(C)OC(=O)c2cc3ccccc3[nH]2)cc1. The number of rotatable bonds is 5. The number of hydrogen-bond acceptors (Lipinski definition) is 4. The quantitative estimate of drug-likeness (QED) is 0.544. The van der Waals surface area contributed by atoms with Crippen molar-refractivity contribution >= 4 is 34.3 Å². The van der Waals surface area contributed by atoms with Crippen molar-refractivity contribution in [2.45, 2.75) is 20.0 Å². The van der Waals surface area contributed by atoms with Crippen LogP contribution in [0, 0.1) is 0 Å². The van der Waals surface area contributed by atoms with Crippen molar-refractivity contribution in [1.82, 2.24) is 4.98 Å².